The molecule has 3 heterocycles. The van der Waals surface area contributed by atoms with Crippen LogP contribution in [0.3, 0.4) is 0 Å². The molecule has 2 aromatic carbocycles. The fourth-order valence-electron chi connectivity index (χ4n) is 3.85. The third kappa shape index (κ3) is 2.69. The third-order valence-electron chi connectivity index (χ3n) is 5.47. The van der Waals surface area contributed by atoms with Crippen LogP contribution in [0.1, 0.15) is 29.9 Å². The van der Waals surface area contributed by atoms with Crippen molar-refractivity contribution in [3.05, 3.63) is 65.5 Å². The van der Waals surface area contributed by atoms with Crippen LogP contribution >= 0.6 is 0 Å². The molecule has 132 valence electrons. The molecule has 1 aromatic heterocycles. The number of hydrogen-bond acceptors (Lipinski definition) is 4. The quantitative estimate of drug-likeness (QED) is 0.728. The summed E-state index contributed by atoms with van der Waals surface area (Å²) in [5, 5.41) is 4.69. The highest BCUT2D eigenvalue weighted by Gasteiger charge is 2.25. The summed E-state index contributed by atoms with van der Waals surface area (Å²) >= 11 is 0. The SMILES string of the molecule is CC(c1ccc2c(c1)OCC2)N1CCn2nc(-c3ccccc3)nc2C1. The molecule has 2 aliphatic rings. The minimum atomic E-state index is 0.329. The van der Waals surface area contributed by atoms with Gasteiger partial charge >= 0.3 is 0 Å². The van der Waals surface area contributed by atoms with E-state index in [0.717, 1.165) is 55.6 Å². The Morgan fingerprint density at radius 1 is 1.08 bits per heavy atom. The summed E-state index contributed by atoms with van der Waals surface area (Å²) in [5.74, 6) is 2.92. The molecule has 3 aromatic rings. The van der Waals surface area contributed by atoms with Gasteiger partial charge in [0, 0.05) is 24.6 Å². The molecule has 26 heavy (non-hydrogen) atoms. The van der Waals surface area contributed by atoms with Crippen LogP contribution in [0.5, 0.6) is 5.75 Å². The fourth-order valence-corrected chi connectivity index (χ4v) is 3.85. The molecule has 0 saturated heterocycles. The van der Waals surface area contributed by atoms with Crippen LogP contribution in [0.25, 0.3) is 11.4 Å². The van der Waals surface area contributed by atoms with Crippen LogP contribution in [0.2, 0.25) is 0 Å². The molecule has 0 saturated carbocycles. The zero-order chi connectivity index (χ0) is 17.5. The van der Waals surface area contributed by atoms with Gasteiger partial charge in [-0.05, 0) is 24.1 Å². The molecule has 2 aliphatic heterocycles. The van der Waals surface area contributed by atoms with E-state index in [9.17, 15) is 0 Å². The summed E-state index contributed by atoms with van der Waals surface area (Å²) in [5.41, 5.74) is 3.71. The monoisotopic (exact) mass is 346 g/mol. The summed E-state index contributed by atoms with van der Waals surface area (Å²) in [4.78, 5) is 7.26. The second kappa shape index (κ2) is 6.25. The molecule has 1 atom stereocenters. The molecule has 5 rings (SSSR count). The lowest BCUT2D eigenvalue weighted by molar-refractivity contribution is 0.158. The van der Waals surface area contributed by atoms with Crippen molar-refractivity contribution in [2.24, 2.45) is 0 Å². The molecule has 0 spiro atoms. The Labute approximate surface area is 153 Å². The largest absolute Gasteiger partial charge is 0.493 e. The number of aromatic nitrogens is 3. The van der Waals surface area contributed by atoms with E-state index in [0.29, 0.717) is 6.04 Å². The van der Waals surface area contributed by atoms with Crippen molar-refractivity contribution in [3.63, 3.8) is 0 Å². The van der Waals surface area contributed by atoms with Gasteiger partial charge in [-0.1, -0.05) is 42.5 Å². The van der Waals surface area contributed by atoms with Crippen LogP contribution in [0, 0.1) is 0 Å². The van der Waals surface area contributed by atoms with Gasteiger partial charge in [0.2, 0.25) is 0 Å². The second-order valence-electron chi connectivity index (χ2n) is 7.05. The first-order valence-corrected chi connectivity index (χ1v) is 9.27. The van der Waals surface area contributed by atoms with Crippen molar-refractivity contribution < 1.29 is 4.74 Å². The first-order valence-electron chi connectivity index (χ1n) is 9.27. The van der Waals surface area contributed by atoms with E-state index in [2.05, 4.69) is 46.8 Å². The first-order chi connectivity index (χ1) is 12.8. The number of benzene rings is 2. The molecule has 5 nitrogen and oxygen atoms in total. The van der Waals surface area contributed by atoms with Crippen LogP contribution in [0.4, 0.5) is 0 Å². The summed E-state index contributed by atoms with van der Waals surface area (Å²) in [7, 11) is 0. The molecule has 0 radical (unpaired) electrons. The summed E-state index contributed by atoms with van der Waals surface area (Å²) in [6, 6.07) is 17.2. The zero-order valence-electron chi connectivity index (χ0n) is 14.9. The lowest BCUT2D eigenvalue weighted by Crippen LogP contribution is -2.36. The lowest BCUT2D eigenvalue weighted by atomic mass is 10.0. The van der Waals surface area contributed by atoms with Crippen molar-refractivity contribution in [1.82, 2.24) is 19.7 Å². The molecule has 1 unspecified atom stereocenters. The zero-order valence-corrected chi connectivity index (χ0v) is 14.9. The van der Waals surface area contributed by atoms with E-state index in [4.69, 9.17) is 14.8 Å². The average molecular weight is 346 g/mol. The maximum atomic E-state index is 5.74. The maximum Gasteiger partial charge on any atom is 0.181 e. The Hall–Kier alpha value is -2.66. The van der Waals surface area contributed by atoms with Crippen LogP contribution in [-0.2, 0) is 19.5 Å². The van der Waals surface area contributed by atoms with E-state index < -0.39 is 0 Å². The van der Waals surface area contributed by atoms with E-state index in [1.807, 2.05) is 18.2 Å². The van der Waals surface area contributed by atoms with Crippen molar-refractivity contribution >= 4 is 0 Å². The number of ether oxygens (including phenoxy) is 1. The van der Waals surface area contributed by atoms with Crippen LogP contribution in [0.15, 0.2) is 48.5 Å². The molecule has 0 N–H and O–H groups in total. The Bertz CT molecular complexity index is 934. The Kier molecular flexibility index (Phi) is 3.75. The molecular formula is C21H22N4O. The van der Waals surface area contributed by atoms with Crippen molar-refractivity contribution in [3.8, 4) is 17.1 Å². The summed E-state index contributed by atoms with van der Waals surface area (Å²) in [6.45, 7) is 5.74. The Morgan fingerprint density at radius 3 is 2.85 bits per heavy atom. The van der Waals surface area contributed by atoms with Gasteiger partial charge in [0.25, 0.3) is 0 Å². The molecule has 0 bridgehead atoms. The van der Waals surface area contributed by atoms with Crippen LogP contribution < -0.4 is 4.74 Å². The van der Waals surface area contributed by atoms with Gasteiger partial charge in [0.05, 0.1) is 19.7 Å². The minimum absolute atomic E-state index is 0.329. The fraction of sp³-hybridized carbons (Fsp3) is 0.333. The van der Waals surface area contributed by atoms with Gasteiger partial charge in [-0.3, -0.25) is 4.90 Å². The standard InChI is InChI=1S/C21H22N4O/c1-15(18-8-7-16-9-12-26-19(16)13-18)24-10-11-25-20(14-24)22-21(23-25)17-5-3-2-4-6-17/h2-8,13,15H,9-12,14H2,1H3. The van der Waals surface area contributed by atoms with E-state index in [-0.39, 0.29) is 0 Å². The van der Waals surface area contributed by atoms with E-state index in [1.54, 1.807) is 0 Å². The van der Waals surface area contributed by atoms with E-state index in [1.165, 1.54) is 11.1 Å². The van der Waals surface area contributed by atoms with Crippen molar-refractivity contribution in [2.45, 2.75) is 32.5 Å². The van der Waals surface area contributed by atoms with Crippen molar-refractivity contribution in [1.29, 1.82) is 0 Å². The van der Waals surface area contributed by atoms with Gasteiger partial charge in [-0.15, -0.1) is 0 Å². The number of hydrogen-bond donors (Lipinski definition) is 0. The molecule has 0 amide bonds. The van der Waals surface area contributed by atoms with Gasteiger partial charge in [-0.25, -0.2) is 9.67 Å². The topological polar surface area (TPSA) is 43.2 Å². The minimum Gasteiger partial charge on any atom is -0.493 e. The molecule has 0 aliphatic carbocycles. The highest BCUT2D eigenvalue weighted by atomic mass is 16.5. The first kappa shape index (κ1) is 15.6. The van der Waals surface area contributed by atoms with Crippen LogP contribution in [-0.4, -0.2) is 32.8 Å². The van der Waals surface area contributed by atoms with E-state index >= 15 is 0 Å². The Morgan fingerprint density at radius 2 is 1.96 bits per heavy atom. The summed E-state index contributed by atoms with van der Waals surface area (Å²) < 4.78 is 7.79. The highest BCUT2D eigenvalue weighted by Crippen LogP contribution is 2.32. The van der Waals surface area contributed by atoms with Gasteiger partial charge < -0.3 is 4.74 Å². The maximum absolute atomic E-state index is 5.74. The lowest BCUT2D eigenvalue weighted by Gasteiger charge is -2.32. The number of rotatable bonds is 3. The second-order valence-corrected chi connectivity index (χ2v) is 7.05. The predicted octanol–water partition coefficient (Wildman–Crippen LogP) is 3.46. The Balaban J connectivity index is 1.38. The van der Waals surface area contributed by atoms with Gasteiger partial charge in [0.1, 0.15) is 11.6 Å². The summed E-state index contributed by atoms with van der Waals surface area (Å²) in [6.07, 6.45) is 1.03. The number of fused-ring (bicyclic) bond motifs is 2. The molecular weight excluding hydrogens is 324 g/mol. The highest BCUT2D eigenvalue weighted by molar-refractivity contribution is 5.54. The van der Waals surface area contributed by atoms with Gasteiger partial charge in [0.15, 0.2) is 5.82 Å². The smallest absolute Gasteiger partial charge is 0.181 e. The molecule has 5 heteroatoms. The third-order valence-corrected chi connectivity index (χ3v) is 5.47. The average Bonchev–Trinajstić information content (AvgIpc) is 3.33. The predicted molar refractivity (Wildman–Crippen MR) is 99.9 cm³/mol. The molecule has 0 fully saturated rings. The number of nitrogens with zero attached hydrogens (tertiary/aromatic N) is 4. The normalized spacial score (nSPS) is 17.4. The van der Waals surface area contributed by atoms with Gasteiger partial charge in [-0.2, -0.15) is 5.10 Å². The van der Waals surface area contributed by atoms with Crippen molar-refractivity contribution in [2.75, 3.05) is 13.2 Å².